The highest BCUT2D eigenvalue weighted by molar-refractivity contribution is 14.1. The van der Waals surface area contributed by atoms with E-state index in [-0.39, 0.29) is 12.0 Å². The van der Waals surface area contributed by atoms with Crippen LogP contribution in [0.4, 0.5) is 0 Å². The van der Waals surface area contributed by atoms with Gasteiger partial charge in [0, 0.05) is 9.49 Å². The summed E-state index contributed by atoms with van der Waals surface area (Å²) in [5.74, 6) is 0.654. The maximum absolute atomic E-state index is 10.8. The van der Waals surface area contributed by atoms with E-state index in [1.165, 1.54) is 14.7 Å². The quantitative estimate of drug-likeness (QED) is 0.682. The Morgan fingerprint density at radius 2 is 1.62 bits per heavy atom. The number of hydrogen-bond acceptors (Lipinski definition) is 1. The molecule has 0 aliphatic rings. The van der Waals surface area contributed by atoms with E-state index in [4.69, 9.17) is 0 Å². The zero-order valence-electron chi connectivity index (χ0n) is 12.7. The monoisotopic (exact) mass is 394 g/mol. The van der Waals surface area contributed by atoms with Crippen molar-refractivity contribution < 1.29 is 5.11 Å². The summed E-state index contributed by atoms with van der Waals surface area (Å²) in [7, 11) is 0. The lowest BCUT2D eigenvalue weighted by Crippen LogP contribution is -2.26. The van der Waals surface area contributed by atoms with Crippen molar-refractivity contribution in [1.29, 1.82) is 0 Å². The van der Waals surface area contributed by atoms with Gasteiger partial charge in [0.1, 0.15) is 0 Å². The number of rotatable bonds is 6. The Balaban J connectivity index is 2.18. The average Bonchev–Trinajstić information content (AvgIpc) is 2.50. The second-order valence-corrected chi connectivity index (χ2v) is 6.97. The minimum atomic E-state index is -0.345. The van der Waals surface area contributed by atoms with Gasteiger partial charge in [-0.2, -0.15) is 0 Å². The van der Waals surface area contributed by atoms with Crippen LogP contribution in [0, 0.1) is 9.49 Å². The molecule has 0 aliphatic carbocycles. The highest BCUT2D eigenvalue weighted by Crippen LogP contribution is 2.31. The average molecular weight is 394 g/mol. The van der Waals surface area contributed by atoms with Crippen LogP contribution >= 0.6 is 22.6 Å². The van der Waals surface area contributed by atoms with Crippen molar-refractivity contribution >= 4 is 22.6 Å². The first-order valence-corrected chi connectivity index (χ1v) is 8.67. The first-order chi connectivity index (χ1) is 10.1. The highest BCUT2D eigenvalue weighted by Gasteiger charge is 2.26. The maximum atomic E-state index is 10.8. The largest absolute Gasteiger partial charge is 0.392 e. The van der Waals surface area contributed by atoms with E-state index < -0.39 is 0 Å². The van der Waals surface area contributed by atoms with E-state index in [0.29, 0.717) is 12.3 Å². The third kappa shape index (κ3) is 4.55. The summed E-state index contributed by atoms with van der Waals surface area (Å²) >= 11 is 2.31. The topological polar surface area (TPSA) is 20.2 Å². The third-order valence-electron chi connectivity index (χ3n) is 4.21. The lowest BCUT2D eigenvalue weighted by atomic mass is 9.79. The summed E-state index contributed by atoms with van der Waals surface area (Å²) < 4.78 is 1.23. The van der Waals surface area contributed by atoms with Crippen molar-refractivity contribution in [2.75, 3.05) is 0 Å². The molecular formula is C19H23IO. The fraction of sp³-hybridized carbons (Fsp3) is 0.368. The van der Waals surface area contributed by atoms with Gasteiger partial charge >= 0.3 is 0 Å². The molecule has 0 aromatic heterocycles. The van der Waals surface area contributed by atoms with Crippen LogP contribution in [0.2, 0.25) is 0 Å². The zero-order chi connectivity index (χ0) is 15.2. The van der Waals surface area contributed by atoms with Crippen LogP contribution in [0.25, 0.3) is 0 Å². The van der Waals surface area contributed by atoms with Crippen molar-refractivity contribution in [3.05, 3.63) is 69.3 Å². The second kappa shape index (κ2) is 7.95. The van der Waals surface area contributed by atoms with Gasteiger partial charge in [-0.15, -0.1) is 0 Å². The van der Waals surface area contributed by atoms with E-state index in [1.807, 2.05) is 6.07 Å². The van der Waals surface area contributed by atoms with Gasteiger partial charge in [0.25, 0.3) is 0 Å². The molecule has 0 saturated heterocycles. The molecule has 0 amide bonds. The molecule has 3 unspecified atom stereocenters. The Morgan fingerprint density at radius 1 is 1.00 bits per heavy atom. The molecule has 0 saturated carbocycles. The predicted molar refractivity (Wildman–Crippen MR) is 97.5 cm³/mol. The van der Waals surface area contributed by atoms with E-state index in [9.17, 15) is 5.11 Å². The number of benzene rings is 2. The van der Waals surface area contributed by atoms with E-state index in [0.717, 1.165) is 6.42 Å². The van der Waals surface area contributed by atoms with Gasteiger partial charge in [-0.25, -0.2) is 0 Å². The van der Waals surface area contributed by atoms with E-state index in [2.05, 4.69) is 85.0 Å². The number of aliphatic hydroxyl groups excluding tert-OH is 1. The normalized spacial score (nSPS) is 15.4. The zero-order valence-corrected chi connectivity index (χ0v) is 14.8. The molecule has 2 rings (SSSR count). The number of aliphatic hydroxyl groups is 1. The van der Waals surface area contributed by atoms with Gasteiger partial charge < -0.3 is 5.11 Å². The van der Waals surface area contributed by atoms with Crippen LogP contribution in [0.5, 0.6) is 0 Å². The van der Waals surface area contributed by atoms with Gasteiger partial charge in [0.2, 0.25) is 0 Å². The van der Waals surface area contributed by atoms with Gasteiger partial charge in [0.05, 0.1) is 6.10 Å². The molecule has 2 heteroatoms. The summed E-state index contributed by atoms with van der Waals surface area (Å²) in [4.78, 5) is 0. The van der Waals surface area contributed by atoms with Crippen LogP contribution in [-0.4, -0.2) is 11.2 Å². The van der Waals surface area contributed by atoms with Gasteiger partial charge in [-0.1, -0.05) is 62.7 Å². The van der Waals surface area contributed by atoms with Gasteiger partial charge in [-0.3, -0.25) is 0 Å². The highest BCUT2D eigenvalue weighted by atomic mass is 127. The molecule has 1 nitrogen and oxygen atoms in total. The Morgan fingerprint density at radius 3 is 2.19 bits per heavy atom. The Bertz CT molecular complexity index is 535. The molecule has 0 bridgehead atoms. The standard InChI is InChI=1S/C19H23IO/c1-3-14(2)19(16-7-5-4-6-8-16)18(21)13-15-9-11-17(20)12-10-15/h4-12,14,18-19,21H,3,13H2,1-2H3. The Hall–Kier alpha value is -0.870. The summed E-state index contributed by atoms with van der Waals surface area (Å²) in [6, 6.07) is 18.8. The van der Waals surface area contributed by atoms with Crippen molar-refractivity contribution in [1.82, 2.24) is 0 Å². The van der Waals surface area contributed by atoms with Gasteiger partial charge in [0.15, 0.2) is 0 Å². The summed E-state index contributed by atoms with van der Waals surface area (Å²) in [6.45, 7) is 4.42. The molecule has 0 heterocycles. The molecule has 2 aromatic carbocycles. The predicted octanol–water partition coefficient (Wildman–Crippen LogP) is 5.02. The molecule has 0 fully saturated rings. The third-order valence-corrected chi connectivity index (χ3v) is 4.93. The first kappa shape index (κ1) is 16.5. The Labute approximate surface area is 141 Å². The molecule has 112 valence electrons. The summed E-state index contributed by atoms with van der Waals surface area (Å²) in [6.07, 6.45) is 1.44. The summed E-state index contributed by atoms with van der Waals surface area (Å²) in [5.41, 5.74) is 2.44. The lowest BCUT2D eigenvalue weighted by molar-refractivity contribution is 0.117. The molecule has 1 N–H and O–H groups in total. The smallest absolute Gasteiger partial charge is 0.0651 e. The van der Waals surface area contributed by atoms with Crippen molar-refractivity contribution in [3.63, 3.8) is 0 Å². The molecule has 3 atom stereocenters. The molecule has 21 heavy (non-hydrogen) atoms. The van der Waals surface area contributed by atoms with Crippen LogP contribution in [0.1, 0.15) is 37.3 Å². The molecule has 0 spiro atoms. The van der Waals surface area contributed by atoms with E-state index in [1.54, 1.807) is 0 Å². The van der Waals surface area contributed by atoms with Crippen molar-refractivity contribution in [3.8, 4) is 0 Å². The summed E-state index contributed by atoms with van der Waals surface area (Å²) in [5, 5.41) is 10.8. The van der Waals surface area contributed by atoms with Crippen LogP contribution in [0.15, 0.2) is 54.6 Å². The van der Waals surface area contributed by atoms with Crippen LogP contribution in [0.3, 0.4) is 0 Å². The van der Waals surface area contributed by atoms with Crippen LogP contribution < -0.4 is 0 Å². The second-order valence-electron chi connectivity index (χ2n) is 5.72. The molecular weight excluding hydrogens is 371 g/mol. The maximum Gasteiger partial charge on any atom is 0.0651 e. The molecule has 0 radical (unpaired) electrons. The first-order valence-electron chi connectivity index (χ1n) is 7.59. The van der Waals surface area contributed by atoms with E-state index >= 15 is 0 Å². The molecule has 0 aliphatic heterocycles. The van der Waals surface area contributed by atoms with Crippen molar-refractivity contribution in [2.24, 2.45) is 5.92 Å². The molecule has 2 aromatic rings. The lowest BCUT2D eigenvalue weighted by Gasteiger charge is -2.28. The number of hydrogen-bond donors (Lipinski definition) is 1. The fourth-order valence-electron chi connectivity index (χ4n) is 2.85. The SMILES string of the molecule is CCC(C)C(c1ccccc1)C(O)Cc1ccc(I)cc1. The Kier molecular flexibility index (Phi) is 6.24. The van der Waals surface area contributed by atoms with Crippen LogP contribution in [-0.2, 0) is 6.42 Å². The van der Waals surface area contributed by atoms with Gasteiger partial charge in [-0.05, 0) is 58.2 Å². The van der Waals surface area contributed by atoms with Crippen molar-refractivity contribution in [2.45, 2.75) is 38.7 Å². The minimum absolute atomic E-state index is 0.190. The minimum Gasteiger partial charge on any atom is -0.392 e. The number of halogens is 1. The fourth-order valence-corrected chi connectivity index (χ4v) is 3.21.